The molecule has 0 amide bonds. The first kappa shape index (κ1) is 15.7. The summed E-state index contributed by atoms with van der Waals surface area (Å²) in [7, 11) is 1.33. The minimum atomic E-state index is -0.398. The van der Waals surface area contributed by atoms with Crippen molar-refractivity contribution in [3.05, 3.63) is 66.0 Å². The highest BCUT2D eigenvalue weighted by atomic mass is 16.5. The Morgan fingerprint density at radius 1 is 1.08 bits per heavy atom. The van der Waals surface area contributed by atoms with Crippen LogP contribution in [0, 0.1) is 0 Å². The fourth-order valence-electron chi connectivity index (χ4n) is 2.34. The van der Waals surface area contributed by atoms with E-state index in [1.165, 1.54) is 7.11 Å². The van der Waals surface area contributed by atoms with E-state index >= 15 is 0 Å². The molecule has 0 bridgehead atoms. The fourth-order valence-corrected chi connectivity index (χ4v) is 2.34. The molecule has 2 aromatic carbocycles. The molecule has 24 heavy (non-hydrogen) atoms. The lowest BCUT2D eigenvalue weighted by Gasteiger charge is -2.07. The van der Waals surface area contributed by atoms with E-state index in [2.05, 4.69) is 9.72 Å². The summed E-state index contributed by atoms with van der Waals surface area (Å²) < 4.78 is 11.7. The molecule has 0 saturated heterocycles. The number of methoxy groups -OCH3 is 1. The van der Waals surface area contributed by atoms with Gasteiger partial charge in [0.2, 0.25) is 0 Å². The Morgan fingerprint density at radius 3 is 2.58 bits per heavy atom. The van der Waals surface area contributed by atoms with Gasteiger partial charge < -0.3 is 14.0 Å². The van der Waals surface area contributed by atoms with Crippen LogP contribution < -0.4 is 0 Å². The van der Waals surface area contributed by atoms with Gasteiger partial charge >= 0.3 is 11.9 Å². The molecule has 1 heterocycles. The van der Waals surface area contributed by atoms with Gasteiger partial charge in [-0.05, 0) is 29.8 Å². The average Bonchev–Trinajstić information content (AvgIpc) is 3.03. The maximum atomic E-state index is 12.0. The van der Waals surface area contributed by atoms with E-state index in [0.717, 1.165) is 16.6 Å². The predicted molar refractivity (Wildman–Crippen MR) is 87.3 cm³/mol. The maximum absolute atomic E-state index is 12.0. The Bertz CT molecular complexity index is 868. The molecule has 0 N–H and O–H groups in total. The molecule has 3 rings (SSSR count). The zero-order chi connectivity index (χ0) is 16.9. The van der Waals surface area contributed by atoms with Gasteiger partial charge in [-0.15, -0.1) is 0 Å². The van der Waals surface area contributed by atoms with Crippen molar-refractivity contribution in [1.82, 2.24) is 9.55 Å². The van der Waals surface area contributed by atoms with Crippen LogP contribution in [0.1, 0.15) is 15.9 Å². The summed E-state index contributed by atoms with van der Waals surface area (Å²) in [6.07, 6.45) is 1.62. The molecule has 122 valence electrons. The van der Waals surface area contributed by atoms with Crippen LogP contribution in [-0.2, 0) is 27.4 Å². The normalized spacial score (nSPS) is 10.5. The second kappa shape index (κ2) is 6.95. The first-order valence-corrected chi connectivity index (χ1v) is 7.40. The minimum Gasteiger partial charge on any atom is -0.465 e. The smallest absolute Gasteiger partial charge is 0.337 e. The number of carbonyl (C=O) groups is 2. The lowest BCUT2D eigenvalue weighted by Crippen LogP contribution is -2.13. The van der Waals surface area contributed by atoms with Crippen molar-refractivity contribution in [2.75, 3.05) is 7.11 Å². The Balaban J connectivity index is 1.58. The SMILES string of the molecule is COC(=O)c1ccc(COC(=O)Cn2cnc3ccccc32)cc1. The van der Waals surface area contributed by atoms with E-state index in [9.17, 15) is 9.59 Å². The molecule has 0 unspecified atom stereocenters. The number of ether oxygens (including phenoxy) is 2. The van der Waals surface area contributed by atoms with Crippen molar-refractivity contribution >= 4 is 23.0 Å². The zero-order valence-corrected chi connectivity index (χ0v) is 13.1. The van der Waals surface area contributed by atoms with Gasteiger partial charge in [0.15, 0.2) is 0 Å². The number of imidazole rings is 1. The molecule has 0 fully saturated rings. The van der Waals surface area contributed by atoms with E-state index in [4.69, 9.17) is 4.74 Å². The van der Waals surface area contributed by atoms with Crippen LogP contribution in [0.5, 0.6) is 0 Å². The van der Waals surface area contributed by atoms with Crippen LogP contribution in [0.4, 0.5) is 0 Å². The van der Waals surface area contributed by atoms with E-state index in [1.54, 1.807) is 35.2 Å². The second-order valence-electron chi connectivity index (χ2n) is 5.21. The quantitative estimate of drug-likeness (QED) is 0.675. The third-order valence-electron chi connectivity index (χ3n) is 3.60. The summed E-state index contributed by atoms with van der Waals surface area (Å²) in [6, 6.07) is 14.3. The monoisotopic (exact) mass is 324 g/mol. The summed E-state index contributed by atoms with van der Waals surface area (Å²) in [5.41, 5.74) is 2.98. The topological polar surface area (TPSA) is 70.4 Å². The van der Waals surface area contributed by atoms with Crippen LogP contribution in [0.25, 0.3) is 11.0 Å². The number of hydrogen-bond donors (Lipinski definition) is 0. The van der Waals surface area contributed by atoms with Crippen molar-refractivity contribution in [1.29, 1.82) is 0 Å². The van der Waals surface area contributed by atoms with E-state index in [0.29, 0.717) is 5.56 Å². The lowest BCUT2D eigenvalue weighted by atomic mass is 10.1. The van der Waals surface area contributed by atoms with E-state index < -0.39 is 5.97 Å². The van der Waals surface area contributed by atoms with Gasteiger partial charge in [0.1, 0.15) is 13.2 Å². The Morgan fingerprint density at radius 2 is 1.83 bits per heavy atom. The maximum Gasteiger partial charge on any atom is 0.337 e. The van der Waals surface area contributed by atoms with Gasteiger partial charge in [0, 0.05) is 0 Å². The highest BCUT2D eigenvalue weighted by Gasteiger charge is 2.09. The van der Waals surface area contributed by atoms with Gasteiger partial charge in [-0.1, -0.05) is 24.3 Å². The van der Waals surface area contributed by atoms with Crippen molar-refractivity contribution < 1.29 is 19.1 Å². The van der Waals surface area contributed by atoms with Crippen molar-refractivity contribution in [3.8, 4) is 0 Å². The number of esters is 2. The van der Waals surface area contributed by atoms with Gasteiger partial charge in [0.25, 0.3) is 0 Å². The number of benzene rings is 2. The first-order valence-electron chi connectivity index (χ1n) is 7.40. The highest BCUT2D eigenvalue weighted by Crippen LogP contribution is 2.12. The van der Waals surface area contributed by atoms with Crippen molar-refractivity contribution in [2.45, 2.75) is 13.2 Å². The lowest BCUT2D eigenvalue weighted by molar-refractivity contribution is -0.145. The third kappa shape index (κ3) is 3.43. The van der Waals surface area contributed by atoms with Gasteiger partial charge in [0.05, 0.1) is 30.0 Å². The average molecular weight is 324 g/mol. The Labute approximate surface area is 138 Å². The van der Waals surface area contributed by atoms with Gasteiger partial charge in [-0.2, -0.15) is 0 Å². The van der Waals surface area contributed by atoms with Gasteiger partial charge in [-0.25, -0.2) is 9.78 Å². The van der Waals surface area contributed by atoms with Crippen molar-refractivity contribution in [3.63, 3.8) is 0 Å². The summed E-state index contributed by atoms with van der Waals surface area (Å²) >= 11 is 0. The molecule has 6 heteroatoms. The van der Waals surface area contributed by atoms with Crippen LogP contribution in [0.3, 0.4) is 0 Å². The summed E-state index contributed by atoms with van der Waals surface area (Å²) in [4.78, 5) is 27.6. The summed E-state index contributed by atoms with van der Waals surface area (Å²) in [5.74, 6) is -0.749. The molecular formula is C18H16N2O4. The third-order valence-corrected chi connectivity index (χ3v) is 3.60. The number of nitrogens with zero attached hydrogens (tertiary/aromatic N) is 2. The Hall–Kier alpha value is -3.15. The van der Waals surface area contributed by atoms with Crippen LogP contribution in [0.2, 0.25) is 0 Å². The highest BCUT2D eigenvalue weighted by molar-refractivity contribution is 5.89. The molecule has 6 nitrogen and oxygen atoms in total. The van der Waals surface area contributed by atoms with E-state index in [1.807, 2.05) is 24.3 Å². The first-order chi connectivity index (χ1) is 11.7. The molecule has 0 aliphatic heterocycles. The Kier molecular flexibility index (Phi) is 4.56. The minimum absolute atomic E-state index is 0.0980. The van der Waals surface area contributed by atoms with Gasteiger partial charge in [-0.3, -0.25) is 4.79 Å². The molecule has 0 spiro atoms. The fraction of sp³-hybridized carbons (Fsp3) is 0.167. The molecule has 0 saturated carbocycles. The number of para-hydroxylation sites is 2. The number of carbonyl (C=O) groups excluding carboxylic acids is 2. The largest absolute Gasteiger partial charge is 0.465 e. The molecule has 0 atom stereocenters. The second-order valence-corrected chi connectivity index (χ2v) is 5.21. The molecule has 0 aliphatic carbocycles. The summed E-state index contributed by atoms with van der Waals surface area (Å²) in [6.45, 7) is 0.244. The van der Waals surface area contributed by atoms with Crippen LogP contribution >= 0.6 is 0 Å². The standard InChI is InChI=1S/C18H16N2O4/c1-23-18(22)14-8-6-13(7-9-14)11-24-17(21)10-20-12-19-15-4-2-3-5-16(15)20/h2-9,12H,10-11H2,1H3. The zero-order valence-electron chi connectivity index (χ0n) is 13.1. The molecular weight excluding hydrogens is 308 g/mol. The number of aromatic nitrogens is 2. The van der Waals surface area contributed by atoms with Crippen molar-refractivity contribution in [2.24, 2.45) is 0 Å². The number of rotatable bonds is 5. The summed E-state index contributed by atoms with van der Waals surface area (Å²) in [5, 5.41) is 0. The molecule has 3 aromatic rings. The molecule has 0 radical (unpaired) electrons. The molecule has 1 aromatic heterocycles. The van der Waals surface area contributed by atoms with Crippen LogP contribution in [-0.4, -0.2) is 28.6 Å². The number of hydrogen-bond acceptors (Lipinski definition) is 5. The predicted octanol–water partition coefficient (Wildman–Crippen LogP) is 2.57. The van der Waals surface area contributed by atoms with Crippen LogP contribution in [0.15, 0.2) is 54.9 Å². The number of fused-ring (bicyclic) bond motifs is 1. The van der Waals surface area contributed by atoms with E-state index in [-0.39, 0.29) is 19.1 Å². The molecule has 0 aliphatic rings.